The summed E-state index contributed by atoms with van der Waals surface area (Å²) in [6, 6.07) is 6.39. The summed E-state index contributed by atoms with van der Waals surface area (Å²) in [5.74, 6) is 0.983. The number of likely N-dealkylation sites (N-methyl/N-ethyl adjacent to an activating group) is 1. The second-order valence-electron chi connectivity index (χ2n) is 8.66. The van der Waals surface area contributed by atoms with E-state index in [1.165, 1.54) is 25.6 Å². The van der Waals surface area contributed by atoms with Crippen molar-refractivity contribution < 1.29 is 13.2 Å². The molecule has 1 aliphatic rings. The standard InChI is InChI=1S/C20H32BrN3O3S/c1-15-10-16(2)12-24(11-15)20(3,4)14-22-19(25)13-23(5)28(26,27)18-8-6-17(21)7-9-18/h6-9,15-16H,10-14H2,1-5H3,(H,22,25). The minimum atomic E-state index is -3.70. The van der Waals surface area contributed by atoms with Crippen LogP contribution in [0.2, 0.25) is 0 Å². The molecular formula is C20H32BrN3O3S. The highest BCUT2D eigenvalue weighted by molar-refractivity contribution is 9.10. The number of rotatable bonds is 7. The second-order valence-corrected chi connectivity index (χ2v) is 11.6. The summed E-state index contributed by atoms with van der Waals surface area (Å²) in [4.78, 5) is 15.0. The van der Waals surface area contributed by atoms with E-state index in [2.05, 4.69) is 53.8 Å². The number of hydrogen-bond donors (Lipinski definition) is 1. The highest BCUT2D eigenvalue weighted by Crippen LogP contribution is 2.27. The molecule has 8 heteroatoms. The molecule has 2 unspecified atom stereocenters. The molecule has 2 rings (SSSR count). The van der Waals surface area contributed by atoms with Crippen LogP contribution in [-0.2, 0) is 14.8 Å². The van der Waals surface area contributed by atoms with Crippen molar-refractivity contribution >= 4 is 31.9 Å². The molecule has 28 heavy (non-hydrogen) atoms. The van der Waals surface area contributed by atoms with Gasteiger partial charge in [0.15, 0.2) is 0 Å². The Kier molecular flexibility index (Phi) is 7.69. The topological polar surface area (TPSA) is 69.7 Å². The van der Waals surface area contributed by atoms with E-state index >= 15 is 0 Å². The van der Waals surface area contributed by atoms with Crippen LogP contribution in [0.5, 0.6) is 0 Å². The van der Waals surface area contributed by atoms with Gasteiger partial charge in [0.05, 0.1) is 11.4 Å². The smallest absolute Gasteiger partial charge is 0.243 e. The van der Waals surface area contributed by atoms with Crippen LogP contribution >= 0.6 is 15.9 Å². The zero-order valence-corrected chi connectivity index (χ0v) is 19.8. The minimum Gasteiger partial charge on any atom is -0.353 e. The Hall–Kier alpha value is -0.960. The van der Waals surface area contributed by atoms with Crippen molar-refractivity contribution in [2.45, 2.75) is 44.6 Å². The fraction of sp³-hybridized carbons (Fsp3) is 0.650. The van der Waals surface area contributed by atoms with Crippen molar-refractivity contribution in [2.75, 3.05) is 33.2 Å². The van der Waals surface area contributed by atoms with E-state index in [-0.39, 0.29) is 22.9 Å². The van der Waals surface area contributed by atoms with Crippen LogP contribution in [0.3, 0.4) is 0 Å². The first-order valence-electron chi connectivity index (χ1n) is 9.65. The molecular weight excluding hydrogens is 442 g/mol. The first kappa shape index (κ1) is 23.3. The third kappa shape index (κ3) is 6.02. The molecule has 0 bridgehead atoms. The van der Waals surface area contributed by atoms with Crippen molar-refractivity contribution in [2.24, 2.45) is 11.8 Å². The highest BCUT2D eigenvalue weighted by atomic mass is 79.9. The summed E-state index contributed by atoms with van der Waals surface area (Å²) in [6.45, 7) is 11.1. The van der Waals surface area contributed by atoms with Gasteiger partial charge < -0.3 is 5.32 Å². The van der Waals surface area contributed by atoms with Crippen LogP contribution in [0.15, 0.2) is 33.6 Å². The molecule has 1 aromatic rings. The number of hydrogen-bond acceptors (Lipinski definition) is 4. The highest BCUT2D eigenvalue weighted by Gasteiger charge is 2.33. The van der Waals surface area contributed by atoms with Gasteiger partial charge in [0, 0.05) is 36.7 Å². The lowest BCUT2D eigenvalue weighted by Crippen LogP contribution is -2.56. The van der Waals surface area contributed by atoms with E-state index in [4.69, 9.17) is 0 Å². The number of halogens is 1. The number of carbonyl (C=O) groups excluding carboxylic acids is 1. The van der Waals surface area contributed by atoms with E-state index in [1.807, 2.05) is 0 Å². The van der Waals surface area contributed by atoms with Gasteiger partial charge in [0.1, 0.15) is 0 Å². The van der Waals surface area contributed by atoms with E-state index in [0.717, 1.165) is 21.9 Å². The Morgan fingerprint density at radius 1 is 1.21 bits per heavy atom. The lowest BCUT2D eigenvalue weighted by atomic mass is 9.88. The number of benzene rings is 1. The third-order valence-corrected chi connectivity index (χ3v) is 7.68. The number of sulfonamides is 1. The van der Waals surface area contributed by atoms with Gasteiger partial charge >= 0.3 is 0 Å². The van der Waals surface area contributed by atoms with Gasteiger partial charge in [-0.05, 0) is 56.4 Å². The zero-order valence-electron chi connectivity index (χ0n) is 17.4. The lowest BCUT2D eigenvalue weighted by Gasteiger charge is -2.45. The fourth-order valence-corrected chi connectivity index (χ4v) is 5.10. The summed E-state index contributed by atoms with van der Waals surface area (Å²) in [5, 5.41) is 2.92. The maximum atomic E-state index is 12.6. The Morgan fingerprint density at radius 2 is 1.75 bits per heavy atom. The average Bonchev–Trinajstić information content (AvgIpc) is 2.59. The quantitative estimate of drug-likeness (QED) is 0.660. The molecule has 0 aliphatic carbocycles. The van der Waals surface area contributed by atoms with Crippen LogP contribution in [0.1, 0.15) is 34.1 Å². The average molecular weight is 474 g/mol. The molecule has 2 atom stereocenters. The molecule has 1 N–H and O–H groups in total. The van der Waals surface area contributed by atoms with Crippen molar-refractivity contribution in [3.63, 3.8) is 0 Å². The largest absolute Gasteiger partial charge is 0.353 e. The maximum Gasteiger partial charge on any atom is 0.243 e. The normalized spacial score (nSPS) is 21.7. The van der Waals surface area contributed by atoms with E-state index in [1.54, 1.807) is 12.1 Å². The van der Waals surface area contributed by atoms with Gasteiger partial charge in [-0.2, -0.15) is 4.31 Å². The van der Waals surface area contributed by atoms with Gasteiger partial charge in [0.25, 0.3) is 0 Å². The number of carbonyl (C=O) groups is 1. The molecule has 1 amide bonds. The number of amides is 1. The van der Waals surface area contributed by atoms with Crippen LogP contribution < -0.4 is 5.32 Å². The monoisotopic (exact) mass is 473 g/mol. The Morgan fingerprint density at radius 3 is 2.29 bits per heavy atom. The molecule has 0 radical (unpaired) electrons. The third-order valence-electron chi connectivity index (χ3n) is 5.33. The van der Waals surface area contributed by atoms with Gasteiger partial charge in [-0.3, -0.25) is 9.69 Å². The van der Waals surface area contributed by atoms with Crippen LogP contribution in [0.25, 0.3) is 0 Å². The molecule has 0 aromatic heterocycles. The van der Waals surface area contributed by atoms with Gasteiger partial charge in [0.2, 0.25) is 15.9 Å². The molecule has 1 saturated heterocycles. The second kappa shape index (κ2) is 9.24. The van der Waals surface area contributed by atoms with Gasteiger partial charge in [-0.15, -0.1) is 0 Å². The van der Waals surface area contributed by atoms with Crippen LogP contribution in [0, 0.1) is 11.8 Å². The predicted molar refractivity (Wildman–Crippen MR) is 116 cm³/mol. The molecule has 1 fully saturated rings. The molecule has 1 aromatic carbocycles. The number of piperidine rings is 1. The minimum absolute atomic E-state index is 0.169. The summed E-state index contributed by atoms with van der Waals surface area (Å²) >= 11 is 3.29. The first-order chi connectivity index (χ1) is 12.9. The van der Waals surface area contributed by atoms with Crippen molar-refractivity contribution in [1.82, 2.24) is 14.5 Å². The lowest BCUT2D eigenvalue weighted by molar-refractivity contribution is -0.121. The summed E-state index contributed by atoms with van der Waals surface area (Å²) in [5.41, 5.74) is -0.179. The molecule has 0 spiro atoms. The molecule has 6 nitrogen and oxygen atoms in total. The molecule has 1 aliphatic heterocycles. The van der Waals surface area contributed by atoms with Crippen molar-refractivity contribution in [1.29, 1.82) is 0 Å². The van der Waals surface area contributed by atoms with Crippen molar-refractivity contribution in [3.8, 4) is 0 Å². The molecule has 0 saturated carbocycles. The number of nitrogens with zero attached hydrogens (tertiary/aromatic N) is 2. The van der Waals surface area contributed by atoms with Crippen molar-refractivity contribution in [3.05, 3.63) is 28.7 Å². The first-order valence-corrected chi connectivity index (χ1v) is 11.9. The van der Waals surface area contributed by atoms with E-state index < -0.39 is 10.0 Å². The van der Waals surface area contributed by atoms with E-state index in [0.29, 0.717) is 18.4 Å². The Bertz CT molecular complexity index is 770. The summed E-state index contributed by atoms with van der Waals surface area (Å²) < 4.78 is 27.1. The maximum absolute atomic E-state index is 12.6. The van der Waals surface area contributed by atoms with Gasteiger partial charge in [-0.25, -0.2) is 8.42 Å². The summed E-state index contributed by atoms with van der Waals surface area (Å²) in [6.07, 6.45) is 1.23. The fourth-order valence-electron chi connectivity index (χ4n) is 3.71. The number of likely N-dealkylation sites (tertiary alicyclic amines) is 1. The predicted octanol–water partition coefficient (Wildman–Crippen LogP) is 2.94. The Labute approximate surface area is 177 Å². The van der Waals surface area contributed by atoms with E-state index in [9.17, 15) is 13.2 Å². The van der Waals surface area contributed by atoms with Crippen LogP contribution in [-0.4, -0.2) is 62.3 Å². The molecule has 1 heterocycles. The SMILES string of the molecule is CC1CC(C)CN(C(C)(C)CNC(=O)CN(C)S(=O)(=O)c2ccc(Br)cc2)C1. The number of nitrogens with one attached hydrogen (secondary N) is 1. The van der Waals surface area contributed by atoms with Gasteiger partial charge in [-0.1, -0.05) is 29.8 Å². The molecule has 158 valence electrons. The zero-order chi connectivity index (χ0) is 21.1. The van der Waals surface area contributed by atoms with Crippen LogP contribution in [0.4, 0.5) is 0 Å². The Balaban J connectivity index is 1.93. The summed E-state index contributed by atoms with van der Waals surface area (Å²) in [7, 11) is -2.27.